The number of rotatable bonds is 3. The van der Waals surface area contributed by atoms with Crippen molar-refractivity contribution in [2.24, 2.45) is 5.41 Å². The monoisotopic (exact) mass is 328 g/mol. The highest BCUT2D eigenvalue weighted by molar-refractivity contribution is 6.09. The molecule has 24 heavy (non-hydrogen) atoms. The largest absolute Gasteiger partial charge is 0.458 e. The summed E-state index contributed by atoms with van der Waals surface area (Å²) >= 11 is 0. The Bertz CT molecular complexity index is 813. The lowest BCUT2D eigenvalue weighted by Crippen LogP contribution is -2.42. The molecular formula is C18H20N2O4. The summed E-state index contributed by atoms with van der Waals surface area (Å²) in [5.41, 5.74) is -1.30. The van der Waals surface area contributed by atoms with E-state index in [1.54, 1.807) is 39.8 Å². The van der Waals surface area contributed by atoms with E-state index in [-0.39, 0.29) is 12.3 Å². The molecule has 0 unspecified atom stereocenters. The highest BCUT2D eigenvalue weighted by Crippen LogP contribution is 2.33. The highest BCUT2D eigenvalue weighted by Gasteiger charge is 2.52. The Labute approximate surface area is 139 Å². The smallest absolute Gasteiger partial charge is 0.325 e. The molecule has 0 spiro atoms. The summed E-state index contributed by atoms with van der Waals surface area (Å²) in [6.45, 7) is 6.61. The molecule has 0 saturated carbocycles. The van der Waals surface area contributed by atoms with Crippen molar-refractivity contribution in [1.82, 2.24) is 10.2 Å². The van der Waals surface area contributed by atoms with E-state index in [1.165, 1.54) is 0 Å². The number of Topliss-reactive ketones (excluding diaryl/α,β-unsaturated/α-hetero) is 1. The molecule has 1 fully saturated rings. The van der Waals surface area contributed by atoms with Crippen molar-refractivity contribution in [2.45, 2.75) is 33.2 Å². The Hall–Kier alpha value is -2.63. The second-order valence-corrected chi connectivity index (χ2v) is 7.27. The van der Waals surface area contributed by atoms with Crippen molar-refractivity contribution in [3.63, 3.8) is 0 Å². The van der Waals surface area contributed by atoms with Gasteiger partial charge in [-0.05, 0) is 19.1 Å². The van der Waals surface area contributed by atoms with Crippen LogP contribution in [0.4, 0.5) is 4.79 Å². The van der Waals surface area contributed by atoms with E-state index in [1.807, 2.05) is 18.2 Å². The van der Waals surface area contributed by atoms with Gasteiger partial charge in [-0.25, -0.2) is 4.79 Å². The number of furan rings is 1. The zero-order chi connectivity index (χ0) is 17.7. The molecular weight excluding hydrogens is 308 g/mol. The Morgan fingerprint density at radius 3 is 2.54 bits per heavy atom. The van der Waals surface area contributed by atoms with Crippen LogP contribution in [0.1, 0.15) is 33.5 Å². The number of carbonyl (C=O) groups is 3. The van der Waals surface area contributed by atoms with Gasteiger partial charge in [0.15, 0.2) is 11.3 Å². The average molecular weight is 328 g/mol. The number of urea groups is 1. The molecule has 1 aromatic carbocycles. The molecule has 6 heteroatoms. The number of carbonyl (C=O) groups excluding carboxylic acids is 3. The molecule has 126 valence electrons. The van der Waals surface area contributed by atoms with Gasteiger partial charge in [-0.2, -0.15) is 0 Å². The van der Waals surface area contributed by atoms with Crippen LogP contribution < -0.4 is 5.32 Å². The molecule has 1 N–H and O–H groups in total. The molecule has 1 aromatic heterocycles. The molecule has 3 rings (SSSR count). The Morgan fingerprint density at radius 1 is 1.25 bits per heavy atom. The number of nitrogens with one attached hydrogen (secondary N) is 1. The average Bonchev–Trinajstić information content (AvgIpc) is 3.02. The number of hydrogen-bond donors (Lipinski definition) is 1. The van der Waals surface area contributed by atoms with Crippen molar-refractivity contribution in [3.8, 4) is 0 Å². The number of fused-ring (bicyclic) bond motifs is 1. The third-order valence-electron chi connectivity index (χ3n) is 4.33. The van der Waals surface area contributed by atoms with E-state index in [0.29, 0.717) is 11.3 Å². The lowest BCUT2D eigenvalue weighted by molar-refractivity contribution is -0.136. The molecule has 1 atom stereocenters. The molecule has 0 aliphatic carbocycles. The van der Waals surface area contributed by atoms with Crippen LogP contribution in [-0.2, 0) is 15.1 Å². The summed E-state index contributed by atoms with van der Waals surface area (Å²) in [5.74, 6) is -0.309. The second-order valence-electron chi connectivity index (χ2n) is 7.27. The number of amides is 3. The van der Waals surface area contributed by atoms with Crippen molar-refractivity contribution in [1.29, 1.82) is 0 Å². The van der Waals surface area contributed by atoms with Gasteiger partial charge in [0.05, 0.1) is 6.54 Å². The van der Waals surface area contributed by atoms with Crippen molar-refractivity contribution in [3.05, 3.63) is 36.1 Å². The predicted octanol–water partition coefficient (Wildman–Crippen LogP) is 2.82. The van der Waals surface area contributed by atoms with Gasteiger partial charge in [0.2, 0.25) is 0 Å². The minimum atomic E-state index is -1.31. The van der Waals surface area contributed by atoms with Gasteiger partial charge in [-0.15, -0.1) is 0 Å². The van der Waals surface area contributed by atoms with Crippen molar-refractivity contribution < 1.29 is 18.8 Å². The standard InChI is InChI=1S/C18H20N2O4/c1-17(2,3)13(21)10-20-15(22)18(4,19-16(20)23)14-9-11-7-5-6-8-12(11)24-14/h5-9H,10H2,1-4H3,(H,19,23)/t18-/m0/s1. The van der Waals surface area contributed by atoms with E-state index in [2.05, 4.69) is 5.32 Å². The lowest BCUT2D eigenvalue weighted by atomic mass is 9.90. The first kappa shape index (κ1) is 16.2. The van der Waals surface area contributed by atoms with Crippen LogP contribution in [0.25, 0.3) is 11.0 Å². The quantitative estimate of drug-likeness (QED) is 0.879. The first-order valence-corrected chi connectivity index (χ1v) is 7.79. The first-order valence-electron chi connectivity index (χ1n) is 7.79. The zero-order valence-electron chi connectivity index (χ0n) is 14.2. The molecule has 1 saturated heterocycles. The van der Waals surface area contributed by atoms with Gasteiger partial charge < -0.3 is 9.73 Å². The number of para-hydroxylation sites is 1. The summed E-state index contributed by atoms with van der Waals surface area (Å²) in [4.78, 5) is 38.2. The molecule has 6 nitrogen and oxygen atoms in total. The number of imide groups is 1. The third kappa shape index (κ3) is 2.48. The molecule has 0 bridgehead atoms. The van der Waals surface area contributed by atoms with Gasteiger partial charge >= 0.3 is 6.03 Å². The van der Waals surface area contributed by atoms with E-state index in [0.717, 1.165) is 10.3 Å². The normalized spacial score (nSPS) is 21.4. The lowest BCUT2D eigenvalue weighted by Gasteiger charge is -2.21. The zero-order valence-corrected chi connectivity index (χ0v) is 14.2. The van der Waals surface area contributed by atoms with Gasteiger partial charge in [0.1, 0.15) is 11.3 Å². The summed E-state index contributed by atoms with van der Waals surface area (Å²) < 4.78 is 5.75. The number of hydrogen-bond acceptors (Lipinski definition) is 4. The highest BCUT2D eigenvalue weighted by atomic mass is 16.3. The van der Waals surface area contributed by atoms with E-state index in [9.17, 15) is 14.4 Å². The SMILES string of the molecule is CC(C)(C)C(=O)CN1C(=O)N[C@@](C)(c2cc3ccccc3o2)C1=O. The fraction of sp³-hybridized carbons (Fsp3) is 0.389. The van der Waals surface area contributed by atoms with Crippen LogP contribution in [0.3, 0.4) is 0 Å². The summed E-state index contributed by atoms with van der Waals surface area (Å²) in [6.07, 6.45) is 0. The van der Waals surface area contributed by atoms with Gasteiger partial charge in [0.25, 0.3) is 5.91 Å². The van der Waals surface area contributed by atoms with E-state index >= 15 is 0 Å². The fourth-order valence-electron chi connectivity index (χ4n) is 2.62. The second kappa shape index (κ2) is 5.19. The maximum Gasteiger partial charge on any atom is 0.325 e. The fourth-order valence-corrected chi connectivity index (χ4v) is 2.62. The number of ketones is 1. The molecule has 2 aromatic rings. The van der Waals surface area contributed by atoms with Crippen LogP contribution >= 0.6 is 0 Å². The maximum atomic E-state index is 12.8. The van der Waals surface area contributed by atoms with Gasteiger partial charge in [0, 0.05) is 10.8 Å². The topological polar surface area (TPSA) is 79.6 Å². The van der Waals surface area contributed by atoms with Gasteiger partial charge in [-0.3, -0.25) is 14.5 Å². The number of nitrogens with zero attached hydrogens (tertiary/aromatic N) is 1. The van der Waals surface area contributed by atoms with Crippen LogP contribution in [0.15, 0.2) is 34.7 Å². The van der Waals surface area contributed by atoms with Gasteiger partial charge in [-0.1, -0.05) is 39.0 Å². The molecule has 1 aliphatic heterocycles. The van der Waals surface area contributed by atoms with Crippen LogP contribution in [0.2, 0.25) is 0 Å². The molecule has 1 aliphatic rings. The summed E-state index contributed by atoms with van der Waals surface area (Å²) in [5, 5.41) is 3.50. The van der Waals surface area contributed by atoms with Crippen LogP contribution in [0, 0.1) is 5.41 Å². The van der Waals surface area contributed by atoms with Crippen LogP contribution in [0.5, 0.6) is 0 Å². The summed E-state index contributed by atoms with van der Waals surface area (Å²) in [6, 6.07) is 8.52. The minimum Gasteiger partial charge on any atom is -0.458 e. The minimum absolute atomic E-state index is 0.181. The third-order valence-corrected chi connectivity index (χ3v) is 4.33. The Balaban J connectivity index is 1.93. The summed E-state index contributed by atoms with van der Waals surface area (Å²) in [7, 11) is 0. The molecule has 0 radical (unpaired) electrons. The van der Waals surface area contributed by atoms with E-state index < -0.39 is 22.9 Å². The Morgan fingerprint density at radius 2 is 1.92 bits per heavy atom. The number of benzene rings is 1. The molecule has 3 amide bonds. The van der Waals surface area contributed by atoms with E-state index in [4.69, 9.17) is 4.42 Å². The molecule has 2 heterocycles. The Kier molecular flexibility index (Phi) is 3.51. The van der Waals surface area contributed by atoms with Crippen LogP contribution in [-0.4, -0.2) is 29.2 Å². The first-order chi connectivity index (χ1) is 11.1. The maximum absolute atomic E-state index is 12.8. The van der Waals surface area contributed by atoms with Crippen molar-refractivity contribution >= 4 is 28.7 Å². The van der Waals surface area contributed by atoms with Crippen molar-refractivity contribution in [2.75, 3.05) is 6.54 Å². The predicted molar refractivity (Wildman–Crippen MR) is 88.3 cm³/mol.